The monoisotopic (exact) mass is 455 g/mol. The van der Waals surface area contributed by atoms with Crippen LogP contribution < -0.4 is 9.47 Å². The van der Waals surface area contributed by atoms with E-state index in [1.54, 1.807) is 24.5 Å². The summed E-state index contributed by atoms with van der Waals surface area (Å²) < 4.78 is 11.4. The van der Waals surface area contributed by atoms with Crippen LogP contribution in [0.15, 0.2) is 48.5 Å². The number of nitrogens with zero attached hydrogens (tertiary/aromatic N) is 5. The Balaban J connectivity index is 0.000000913. The average molecular weight is 455 g/mol. The second kappa shape index (κ2) is 11.3. The minimum Gasteiger partial charge on any atom is -0.492 e. The number of fused-ring (bicyclic) bond motifs is 1. The summed E-state index contributed by atoms with van der Waals surface area (Å²) in [7, 11) is 0. The van der Waals surface area contributed by atoms with Crippen molar-refractivity contribution in [2.75, 3.05) is 13.2 Å². The first kappa shape index (κ1) is 22.5. The fourth-order valence-electron chi connectivity index (χ4n) is 2.57. The maximum atomic E-state index is 10.8. The minimum absolute atomic E-state index is 0.0255. The molecule has 2 N–H and O–H groups in total. The van der Waals surface area contributed by atoms with Crippen LogP contribution in [0.5, 0.6) is 11.6 Å². The highest BCUT2D eigenvalue weighted by Crippen LogP contribution is 2.35. The second-order valence-corrected chi connectivity index (χ2v) is 6.78. The third-order valence-corrected chi connectivity index (χ3v) is 4.78. The number of thiophene rings is 1. The molecular weight excluding hydrogens is 438 g/mol. The highest BCUT2D eigenvalue weighted by atomic mass is 32.1. The molecule has 4 heterocycles. The van der Waals surface area contributed by atoms with Crippen LogP contribution in [-0.2, 0) is 4.79 Å². The number of aromatic carboxylic acids is 1. The van der Waals surface area contributed by atoms with Crippen molar-refractivity contribution in [3.05, 3.63) is 54.2 Å². The van der Waals surface area contributed by atoms with Crippen LogP contribution in [0, 0.1) is 0 Å². The number of carboxylic acid groups (broad SMARTS) is 2. The van der Waals surface area contributed by atoms with E-state index in [2.05, 4.69) is 24.9 Å². The van der Waals surface area contributed by atoms with E-state index >= 15 is 0 Å². The van der Waals surface area contributed by atoms with Crippen molar-refractivity contribution < 1.29 is 29.3 Å². The summed E-state index contributed by atoms with van der Waals surface area (Å²) in [5.41, 5.74) is 0.810. The van der Waals surface area contributed by atoms with Crippen LogP contribution in [0.25, 0.3) is 21.6 Å². The molecule has 12 heteroatoms. The Hall–Kier alpha value is -4.19. The Morgan fingerprint density at radius 1 is 1.06 bits per heavy atom. The Kier molecular flexibility index (Phi) is 7.92. The number of hydrogen-bond donors (Lipinski definition) is 2. The molecule has 11 nitrogen and oxygen atoms in total. The number of rotatable bonds is 8. The standard InChI is InChI=1S/C19H15N5O4S.CH2O2/c25-19(26)14-4-3-12(9-22-14)27-7-2-8-28-17-15-13(16-20-5-1-6-21-16)10-29-18(15)24-11-23-17;2-1-3/h1,3-6,9-11H,2,7-8H2,(H,25,26);1H,(H,2,3). The van der Waals surface area contributed by atoms with Gasteiger partial charge in [0.25, 0.3) is 6.47 Å². The summed E-state index contributed by atoms with van der Waals surface area (Å²) in [6.45, 7) is 0.526. The van der Waals surface area contributed by atoms with Crippen LogP contribution in [0.2, 0.25) is 0 Å². The quantitative estimate of drug-likeness (QED) is 0.297. The predicted molar refractivity (Wildman–Crippen MR) is 114 cm³/mol. The third-order valence-electron chi connectivity index (χ3n) is 3.89. The van der Waals surface area contributed by atoms with Gasteiger partial charge in [0.2, 0.25) is 5.88 Å². The van der Waals surface area contributed by atoms with E-state index in [0.29, 0.717) is 37.1 Å². The Bertz CT molecular complexity index is 1170. The Labute approximate surface area is 185 Å². The van der Waals surface area contributed by atoms with Crippen molar-refractivity contribution >= 4 is 34.0 Å². The van der Waals surface area contributed by atoms with Crippen LogP contribution >= 0.6 is 11.3 Å². The van der Waals surface area contributed by atoms with E-state index in [4.69, 9.17) is 24.5 Å². The number of carbonyl (C=O) groups is 2. The lowest BCUT2D eigenvalue weighted by Gasteiger charge is -2.08. The zero-order valence-electron chi connectivity index (χ0n) is 16.5. The van der Waals surface area contributed by atoms with Crippen molar-refractivity contribution in [1.29, 1.82) is 0 Å². The van der Waals surface area contributed by atoms with Gasteiger partial charge in [-0.15, -0.1) is 11.3 Å². The molecule has 0 radical (unpaired) electrons. The van der Waals surface area contributed by atoms with Gasteiger partial charge < -0.3 is 19.7 Å². The van der Waals surface area contributed by atoms with Gasteiger partial charge in [-0.2, -0.15) is 0 Å². The van der Waals surface area contributed by atoms with Crippen molar-refractivity contribution in [2.24, 2.45) is 0 Å². The van der Waals surface area contributed by atoms with Gasteiger partial charge >= 0.3 is 5.97 Å². The molecule has 0 atom stereocenters. The summed E-state index contributed by atoms with van der Waals surface area (Å²) in [5, 5.41) is 18.5. The molecule has 0 bridgehead atoms. The average Bonchev–Trinajstić information content (AvgIpc) is 3.25. The van der Waals surface area contributed by atoms with Gasteiger partial charge in [0.15, 0.2) is 5.82 Å². The van der Waals surface area contributed by atoms with E-state index < -0.39 is 5.97 Å². The van der Waals surface area contributed by atoms with Crippen LogP contribution in [0.3, 0.4) is 0 Å². The van der Waals surface area contributed by atoms with Gasteiger partial charge in [-0.05, 0) is 18.2 Å². The smallest absolute Gasteiger partial charge is 0.354 e. The van der Waals surface area contributed by atoms with E-state index in [1.807, 2.05) is 5.38 Å². The molecule has 0 aliphatic heterocycles. The SMILES string of the molecule is O=C(O)c1ccc(OCCCOc2ncnc3scc(-c4ncccn4)c23)cn1.O=CO. The van der Waals surface area contributed by atoms with Crippen molar-refractivity contribution in [1.82, 2.24) is 24.9 Å². The molecule has 4 aromatic rings. The topological polar surface area (TPSA) is 158 Å². The summed E-state index contributed by atoms with van der Waals surface area (Å²) in [6.07, 6.45) is 6.83. The van der Waals surface area contributed by atoms with Crippen molar-refractivity contribution in [3.63, 3.8) is 0 Å². The first-order valence-electron chi connectivity index (χ1n) is 9.16. The molecule has 0 fully saturated rings. The van der Waals surface area contributed by atoms with E-state index in [9.17, 15) is 4.79 Å². The lowest BCUT2D eigenvalue weighted by atomic mass is 10.2. The molecule has 4 aromatic heterocycles. The summed E-state index contributed by atoms with van der Waals surface area (Å²) in [5.74, 6) is 0.501. The highest BCUT2D eigenvalue weighted by molar-refractivity contribution is 7.17. The molecule has 0 aromatic carbocycles. The molecule has 0 aliphatic carbocycles. The zero-order valence-corrected chi connectivity index (χ0v) is 17.3. The van der Waals surface area contributed by atoms with E-state index in [0.717, 1.165) is 15.8 Å². The Morgan fingerprint density at radius 2 is 1.81 bits per heavy atom. The van der Waals surface area contributed by atoms with Crippen LogP contribution in [0.1, 0.15) is 16.9 Å². The maximum absolute atomic E-state index is 10.8. The minimum atomic E-state index is -1.07. The molecule has 0 amide bonds. The molecular formula is C20H17N5O6S. The van der Waals surface area contributed by atoms with Crippen molar-refractivity contribution in [3.8, 4) is 23.0 Å². The second-order valence-electron chi connectivity index (χ2n) is 5.92. The first-order valence-corrected chi connectivity index (χ1v) is 10.0. The number of carboxylic acids is 1. The normalized spacial score (nSPS) is 10.1. The first-order chi connectivity index (χ1) is 15.6. The van der Waals surface area contributed by atoms with Gasteiger partial charge in [-0.1, -0.05) is 0 Å². The van der Waals surface area contributed by atoms with Crippen molar-refractivity contribution in [2.45, 2.75) is 6.42 Å². The molecule has 32 heavy (non-hydrogen) atoms. The Morgan fingerprint density at radius 3 is 2.50 bits per heavy atom. The number of hydrogen-bond acceptors (Lipinski definition) is 10. The van der Waals surface area contributed by atoms with E-state index in [-0.39, 0.29) is 12.2 Å². The van der Waals surface area contributed by atoms with Gasteiger partial charge in [-0.3, -0.25) is 4.79 Å². The number of ether oxygens (including phenoxy) is 2. The van der Waals surface area contributed by atoms with E-state index in [1.165, 1.54) is 29.9 Å². The molecule has 0 aliphatic rings. The largest absolute Gasteiger partial charge is 0.492 e. The third kappa shape index (κ3) is 5.70. The zero-order chi connectivity index (χ0) is 22.8. The lowest BCUT2D eigenvalue weighted by molar-refractivity contribution is -0.122. The van der Waals surface area contributed by atoms with Gasteiger partial charge in [0, 0.05) is 29.8 Å². The molecule has 0 spiro atoms. The summed E-state index contributed by atoms with van der Waals surface area (Å²) >= 11 is 1.48. The van der Waals surface area contributed by atoms with Gasteiger partial charge in [0.05, 0.1) is 24.8 Å². The predicted octanol–water partition coefficient (Wildman–Crippen LogP) is 2.79. The fourth-order valence-corrected chi connectivity index (χ4v) is 3.45. The molecule has 0 saturated carbocycles. The summed E-state index contributed by atoms with van der Waals surface area (Å²) in [4.78, 5) is 40.9. The molecule has 4 rings (SSSR count). The lowest BCUT2D eigenvalue weighted by Crippen LogP contribution is -2.07. The van der Waals surface area contributed by atoms with Gasteiger partial charge in [0.1, 0.15) is 22.6 Å². The van der Waals surface area contributed by atoms with Crippen LogP contribution in [-0.4, -0.2) is 60.8 Å². The summed E-state index contributed by atoms with van der Waals surface area (Å²) in [6, 6.07) is 4.73. The van der Waals surface area contributed by atoms with Gasteiger partial charge in [-0.25, -0.2) is 29.7 Å². The molecule has 0 unspecified atom stereocenters. The van der Waals surface area contributed by atoms with Crippen LogP contribution in [0.4, 0.5) is 0 Å². The molecule has 164 valence electrons. The maximum Gasteiger partial charge on any atom is 0.354 e. The fraction of sp³-hybridized carbons (Fsp3) is 0.150. The molecule has 0 saturated heterocycles. The number of pyridine rings is 1. The highest BCUT2D eigenvalue weighted by Gasteiger charge is 2.15. The number of aromatic nitrogens is 5.